The highest BCUT2D eigenvalue weighted by atomic mass is 32.2. The van der Waals surface area contributed by atoms with E-state index in [-0.39, 0.29) is 10.7 Å². The Bertz CT molecular complexity index is 781. The van der Waals surface area contributed by atoms with Gasteiger partial charge in [-0.3, -0.25) is 4.31 Å². The predicted molar refractivity (Wildman–Crippen MR) is 78.8 cm³/mol. The zero-order valence-corrected chi connectivity index (χ0v) is 12.0. The number of pyridine rings is 1. The number of aromatic nitrogens is 1. The van der Waals surface area contributed by atoms with E-state index in [9.17, 15) is 8.42 Å². The Morgan fingerprint density at radius 1 is 1.29 bits per heavy atom. The van der Waals surface area contributed by atoms with Crippen LogP contribution in [0.1, 0.15) is 5.56 Å². The van der Waals surface area contributed by atoms with E-state index in [2.05, 4.69) is 10.4 Å². The molecule has 0 saturated carbocycles. The Morgan fingerprint density at radius 2 is 1.95 bits per heavy atom. The molecule has 0 atom stereocenters. The molecule has 0 aliphatic carbocycles. The highest BCUT2D eigenvalue weighted by Crippen LogP contribution is 2.25. The first-order valence-corrected chi connectivity index (χ1v) is 7.35. The van der Waals surface area contributed by atoms with Crippen molar-refractivity contribution in [3.8, 4) is 6.07 Å². The molecule has 0 unspecified atom stereocenters. The molecule has 0 bridgehead atoms. The Labute approximate surface area is 122 Å². The van der Waals surface area contributed by atoms with Crippen LogP contribution in [0.15, 0.2) is 47.5 Å². The van der Waals surface area contributed by atoms with Crippen LogP contribution in [-0.4, -0.2) is 20.4 Å². The van der Waals surface area contributed by atoms with Gasteiger partial charge in [0.05, 0.1) is 17.3 Å². The van der Waals surface area contributed by atoms with Crippen LogP contribution in [-0.2, 0) is 10.0 Å². The summed E-state index contributed by atoms with van der Waals surface area (Å²) >= 11 is 0. The average Bonchev–Trinajstić information content (AvgIpc) is 2.54. The summed E-state index contributed by atoms with van der Waals surface area (Å²) in [7, 11) is -2.39. The topological polar surface area (TPSA) is 112 Å². The van der Waals surface area contributed by atoms with Gasteiger partial charge in [0.1, 0.15) is 4.90 Å². The maximum atomic E-state index is 12.6. The zero-order valence-electron chi connectivity index (χ0n) is 11.2. The molecule has 8 heteroatoms. The molecular weight excluding hydrogens is 290 g/mol. The zero-order chi connectivity index (χ0) is 15.5. The molecule has 0 aliphatic heterocycles. The molecule has 0 aliphatic rings. The number of nitrogen functional groups attached to an aromatic ring is 1. The van der Waals surface area contributed by atoms with Gasteiger partial charge in [-0.05, 0) is 36.4 Å². The maximum Gasteiger partial charge on any atom is 0.267 e. The summed E-state index contributed by atoms with van der Waals surface area (Å²) in [5.74, 6) is 5.36. The Morgan fingerprint density at radius 3 is 2.52 bits per heavy atom. The van der Waals surface area contributed by atoms with Gasteiger partial charge in [-0.2, -0.15) is 5.26 Å². The van der Waals surface area contributed by atoms with Crippen LogP contribution in [0.2, 0.25) is 0 Å². The number of hydrogen-bond acceptors (Lipinski definition) is 6. The summed E-state index contributed by atoms with van der Waals surface area (Å²) in [4.78, 5) is 3.85. The van der Waals surface area contributed by atoms with Crippen molar-refractivity contribution in [2.24, 2.45) is 5.84 Å². The third-order valence-electron chi connectivity index (χ3n) is 2.91. The summed E-state index contributed by atoms with van der Waals surface area (Å²) in [6.07, 6.45) is 1.44. The standard InChI is InChI=1S/C13H13N5O2S/c1-18(11-6-4-10(9-14)5-7-11)21(19,20)12-3-2-8-16-13(12)17-15/h2-8H,15H2,1H3,(H,16,17). The minimum atomic E-state index is -3.81. The number of sulfonamides is 1. The lowest BCUT2D eigenvalue weighted by Crippen LogP contribution is -2.28. The van der Waals surface area contributed by atoms with Crippen molar-refractivity contribution in [2.75, 3.05) is 16.8 Å². The lowest BCUT2D eigenvalue weighted by molar-refractivity contribution is 0.594. The van der Waals surface area contributed by atoms with E-state index in [0.717, 1.165) is 4.31 Å². The fourth-order valence-electron chi connectivity index (χ4n) is 1.74. The first-order chi connectivity index (χ1) is 10.0. The molecule has 0 fully saturated rings. The van der Waals surface area contributed by atoms with Crippen molar-refractivity contribution < 1.29 is 8.42 Å². The van der Waals surface area contributed by atoms with Crippen molar-refractivity contribution >= 4 is 21.5 Å². The van der Waals surface area contributed by atoms with Crippen LogP contribution < -0.4 is 15.6 Å². The quantitative estimate of drug-likeness (QED) is 0.645. The number of nitrogens with zero attached hydrogens (tertiary/aromatic N) is 3. The maximum absolute atomic E-state index is 12.6. The SMILES string of the molecule is CN(c1ccc(C#N)cc1)S(=O)(=O)c1cccnc1NN. The third kappa shape index (κ3) is 2.79. The van der Waals surface area contributed by atoms with Gasteiger partial charge in [0, 0.05) is 13.2 Å². The van der Waals surface area contributed by atoms with E-state index in [1.54, 1.807) is 24.3 Å². The molecule has 0 amide bonds. The second kappa shape index (κ2) is 5.78. The number of benzene rings is 1. The van der Waals surface area contributed by atoms with Gasteiger partial charge in [0.25, 0.3) is 10.0 Å². The Balaban J connectivity index is 2.45. The van der Waals surface area contributed by atoms with Gasteiger partial charge in [0.15, 0.2) is 5.82 Å². The lowest BCUT2D eigenvalue weighted by Gasteiger charge is -2.20. The minimum absolute atomic E-state index is 0.0284. The summed E-state index contributed by atoms with van der Waals surface area (Å²) in [5, 5.41) is 8.76. The Kier molecular flexibility index (Phi) is 4.07. The van der Waals surface area contributed by atoms with E-state index < -0.39 is 10.0 Å². The van der Waals surface area contributed by atoms with E-state index in [4.69, 9.17) is 11.1 Å². The number of hydrogen-bond donors (Lipinski definition) is 2. The monoisotopic (exact) mass is 303 g/mol. The first kappa shape index (κ1) is 14.8. The fourth-order valence-corrected chi connectivity index (χ4v) is 3.04. The molecule has 21 heavy (non-hydrogen) atoms. The molecule has 0 saturated heterocycles. The molecule has 2 aromatic rings. The average molecular weight is 303 g/mol. The van der Waals surface area contributed by atoms with E-state index in [0.29, 0.717) is 11.3 Å². The van der Waals surface area contributed by atoms with Gasteiger partial charge >= 0.3 is 0 Å². The third-order valence-corrected chi connectivity index (χ3v) is 4.72. The second-order valence-electron chi connectivity index (χ2n) is 4.13. The van der Waals surface area contributed by atoms with Crippen LogP contribution in [0, 0.1) is 11.3 Å². The summed E-state index contributed by atoms with van der Waals surface area (Å²) < 4.78 is 26.3. The largest absolute Gasteiger partial charge is 0.307 e. The van der Waals surface area contributed by atoms with Crippen LogP contribution in [0.4, 0.5) is 11.5 Å². The molecule has 0 spiro atoms. The minimum Gasteiger partial charge on any atom is -0.307 e. The number of nitriles is 1. The number of rotatable bonds is 4. The van der Waals surface area contributed by atoms with Crippen LogP contribution in [0.5, 0.6) is 0 Å². The van der Waals surface area contributed by atoms with E-state index >= 15 is 0 Å². The molecule has 7 nitrogen and oxygen atoms in total. The molecule has 108 valence electrons. The van der Waals surface area contributed by atoms with Gasteiger partial charge in [0.2, 0.25) is 0 Å². The Hall–Kier alpha value is -2.63. The first-order valence-electron chi connectivity index (χ1n) is 5.91. The molecular formula is C13H13N5O2S. The molecule has 3 N–H and O–H groups in total. The molecule has 0 radical (unpaired) electrons. The van der Waals surface area contributed by atoms with Gasteiger partial charge < -0.3 is 5.43 Å². The van der Waals surface area contributed by atoms with Crippen LogP contribution in [0.3, 0.4) is 0 Å². The van der Waals surface area contributed by atoms with E-state index in [1.807, 2.05) is 6.07 Å². The summed E-state index contributed by atoms with van der Waals surface area (Å²) in [6.45, 7) is 0. The van der Waals surface area contributed by atoms with Crippen LogP contribution >= 0.6 is 0 Å². The molecule has 1 aromatic carbocycles. The number of hydrazine groups is 1. The summed E-state index contributed by atoms with van der Waals surface area (Å²) in [5.41, 5.74) is 3.15. The predicted octanol–water partition coefficient (Wildman–Crippen LogP) is 1.06. The van der Waals surface area contributed by atoms with Gasteiger partial charge in [-0.25, -0.2) is 19.2 Å². The van der Waals surface area contributed by atoms with Crippen molar-refractivity contribution in [3.63, 3.8) is 0 Å². The number of anilines is 2. The normalized spacial score (nSPS) is 10.7. The highest BCUT2D eigenvalue weighted by molar-refractivity contribution is 7.93. The van der Waals surface area contributed by atoms with Gasteiger partial charge in [-0.15, -0.1) is 0 Å². The molecule has 1 aromatic heterocycles. The van der Waals surface area contributed by atoms with Crippen molar-refractivity contribution in [1.29, 1.82) is 5.26 Å². The van der Waals surface area contributed by atoms with Crippen molar-refractivity contribution in [2.45, 2.75) is 4.90 Å². The number of nitrogens with two attached hydrogens (primary N) is 1. The lowest BCUT2D eigenvalue weighted by atomic mass is 10.2. The molecule has 2 rings (SSSR count). The van der Waals surface area contributed by atoms with E-state index in [1.165, 1.54) is 25.4 Å². The van der Waals surface area contributed by atoms with Gasteiger partial charge in [-0.1, -0.05) is 0 Å². The molecule has 1 heterocycles. The smallest absolute Gasteiger partial charge is 0.267 e. The highest BCUT2D eigenvalue weighted by Gasteiger charge is 2.24. The van der Waals surface area contributed by atoms with Crippen molar-refractivity contribution in [1.82, 2.24) is 4.98 Å². The fraction of sp³-hybridized carbons (Fsp3) is 0.0769. The second-order valence-corrected chi connectivity index (χ2v) is 6.06. The summed E-state index contributed by atoms with van der Waals surface area (Å²) in [6, 6.07) is 11.1. The van der Waals surface area contributed by atoms with Crippen molar-refractivity contribution in [3.05, 3.63) is 48.2 Å². The van der Waals surface area contributed by atoms with Crippen LogP contribution in [0.25, 0.3) is 0 Å². The number of nitrogens with one attached hydrogen (secondary N) is 1.